The molecule has 0 bridgehead atoms. The summed E-state index contributed by atoms with van der Waals surface area (Å²) < 4.78 is 16.0. The largest absolute Gasteiger partial charge is 0.493 e. The number of amides is 2. The molecule has 1 unspecified atom stereocenters. The lowest BCUT2D eigenvalue weighted by molar-refractivity contribution is 0.0293. The van der Waals surface area contributed by atoms with Crippen molar-refractivity contribution in [3.63, 3.8) is 0 Å². The maximum Gasteiger partial charge on any atom is 0.410 e. The average molecular weight is 481 g/mol. The first kappa shape index (κ1) is 25.7. The molecule has 0 saturated carbocycles. The van der Waals surface area contributed by atoms with Gasteiger partial charge in [0.1, 0.15) is 5.60 Å². The average Bonchev–Trinajstić information content (AvgIpc) is 3.30. The standard InChI is InChI=1S/C26H32N4O5/c1-26(2,3)35-25(32)30-11-10-19(16-30)29-21-8-6-17(14-27)12-20(21)24(31)28-15-18-7-9-22(33-4)23(13-18)34-5/h6-9,12-13,19,29H,10-11,15-16H2,1-5H3,(H,28,31). The summed E-state index contributed by atoms with van der Waals surface area (Å²) in [4.78, 5) is 27.1. The van der Waals surface area contributed by atoms with E-state index in [1.54, 1.807) is 49.5 Å². The topological polar surface area (TPSA) is 113 Å². The molecule has 0 aromatic heterocycles. The van der Waals surface area contributed by atoms with Gasteiger partial charge in [-0.3, -0.25) is 4.79 Å². The summed E-state index contributed by atoms with van der Waals surface area (Å²) in [6, 6.07) is 12.4. The molecule has 1 fully saturated rings. The molecule has 9 nitrogen and oxygen atoms in total. The third kappa shape index (κ3) is 6.79. The highest BCUT2D eigenvalue weighted by atomic mass is 16.6. The van der Waals surface area contributed by atoms with E-state index in [0.717, 1.165) is 5.56 Å². The minimum Gasteiger partial charge on any atom is -0.493 e. The summed E-state index contributed by atoms with van der Waals surface area (Å²) in [5, 5.41) is 15.6. The highest BCUT2D eigenvalue weighted by Gasteiger charge is 2.30. The molecule has 2 amide bonds. The Morgan fingerprint density at radius 1 is 1.11 bits per heavy atom. The third-order valence-electron chi connectivity index (χ3n) is 5.49. The minimum absolute atomic E-state index is 0.0483. The van der Waals surface area contributed by atoms with Crippen molar-refractivity contribution in [1.29, 1.82) is 5.26 Å². The van der Waals surface area contributed by atoms with Crippen molar-refractivity contribution >= 4 is 17.7 Å². The van der Waals surface area contributed by atoms with Crippen molar-refractivity contribution in [2.45, 2.75) is 45.4 Å². The van der Waals surface area contributed by atoms with Crippen molar-refractivity contribution in [2.24, 2.45) is 0 Å². The molecule has 1 heterocycles. The van der Waals surface area contributed by atoms with Crippen molar-refractivity contribution in [3.8, 4) is 17.6 Å². The van der Waals surface area contributed by atoms with E-state index in [-0.39, 0.29) is 24.6 Å². The van der Waals surface area contributed by atoms with Crippen LogP contribution in [-0.2, 0) is 11.3 Å². The van der Waals surface area contributed by atoms with E-state index in [9.17, 15) is 14.9 Å². The molecule has 1 aliphatic rings. The summed E-state index contributed by atoms with van der Waals surface area (Å²) in [6.45, 7) is 6.79. The van der Waals surface area contributed by atoms with Crippen molar-refractivity contribution in [3.05, 3.63) is 53.1 Å². The van der Waals surface area contributed by atoms with Crippen molar-refractivity contribution in [2.75, 3.05) is 32.6 Å². The van der Waals surface area contributed by atoms with Gasteiger partial charge in [0.25, 0.3) is 5.91 Å². The number of rotatable bonds is 7. The molecular weight excluding hydrogens is 448 g/mol. The molecule has 0 spiro atoms. The van der Waals surface area contributed by atoms with Gasteiger partial charge in [0.15, 0.2) is 11.5 Å². The van der Waals surface area contributed by atoms with Crippen LogP contribution in [0.2, 0.25) is 0 Å². The lowest BCUT2D eigenvalue weighted by atomic mass is 10.1. The zero-order chi connectivity index (χ0) is 25.6. The fourth-order valence-corrected chi connectivity index (χ4v) is 3.79. The molecule has 2 N–H and O–H groups in total. The molecule has 9 heteroatoms. The van der Waals surface area contributed by atoms with E-state index < -0.39 is 5.60 Å². The number of anilines is 1. The molecule has 3 rings (SSSR count). The third-order valence-corrected chi connectivity index (χ3v) is 5.49. The van der Waals surface area contributed by atoms with Crippen LogP contribution in [0.25, 0.3) is 0 Å². The lowest BCUT2D eigenvalue weighted by Crippen LogP contribution is -2.36. The Kier molecular flexibility index (Phi) is 8.07. The van der Waals surface area contributed by atoms with Crippen molar-refractivity contribution in [1.82, 2.24) is 10.2 Å². The summed E-state index contributed by atoms with van der Waals surface area (Å²) in [5.74, 6) is 0.859. The second-order valence-corrected chi connectivity index (χ2v) is 9.30. The summed E-state index contributed by atoms with van der Waals surface area (Å²) in [7, 11) is 3.12. The summed E-state index contributed by atoms with van der Waals surface area (Å²) in [6.07, 6.45) is 0.362. The second-order valence-electron chi connectivity index (χ2n) is 9.30. The van der Waals surface area contributed by atoms with Gasteiger partial charge in [-0.1, -0.05) is 6.07 Å². The van der Waals surface area contributed by atoms with E-state index in [1.807, 2.05) is 26.8 Å². The number of nitrogens with zero attached hydrogens (tertiary/aromatic N) is 2. The van der Waals surface area contributed by atoms with E-state index in [2.05, 4.69) is 16.7 Å². The zero-order valence-corrected chi connectivity index (χ0v) is 20.8. The van der Waals surface area contributed by atoms with Crippen LogP contribution < -0.4 is 20.1 Å². The molecule has 186 valence electrons. The molecule has 1 atom stereocenters. The Balaban J connectivity index is 1.70. The molecule has 0 radical (unpaired) electrons. The van der Waals surface area contributed by atoms with Crippen LogP contribution in [0.15, 0.2) is 36.4 Å². The van der Waals surface area contributed by atoms with Gasteiger partial charge in [0.05, 0.1) is 31.4 Å². The Morgan fingerprint density at radius 3 is 2.51 bits per heavy atom. The predicted molar refractivity (Wildman–Crippen MR) is 132 cm³/mol. The number of ether oxygens (including phenoxy) is 3. The molecule has 0 aliphatic carbocycles. The van der Waals surface area contributed by atoms with Crippen LogP contribution in [0.3, 0.4) is 0 Å². The molecule has 1 aliphatic heterocycles. The number of nitriles is 1. The molecular formula is C26H32N4O5. The van der Waals surface area contributed by atoms with Crippen LogP contribution >= 0.6 is 0 Å². The van der Waals surface area contributed by atoms with Gasteiger partial charge < -0.3 is 29.7 Å². The van der Waals surface area contributed by atoms with Crippen LogP contribution in [-0.4, -0.2) is 55.9 Å². The number of carbonyl (C=O) groups is 2. The zero-order valence-electron chi connectivity index (χ0n) is 20.8. The fraction of sp³-hybridized carbons (Fsp3) is 0.423. The van der Waals surface area contributed by atoms with E-state index >= 15 is 0 Å². The summed E-state index contributed by atoms with van der Waals surface area (Å²) in [5.41, 5.74) is 1.62. The summed E-state index contributed by atoms with van der Waals surface area (Å²) >= 11 is 0. The highest BCUT2D eigenvalue weighted by Crippen LogP contribution is 2.28. The first-order valence-corrected chi connectivity index (χ1v) is 11.4. The first-order chi connectivity index (χ1) is 16.6. The maximum absolute atomic E-state index is 13.1. The molecule has 2 aromatic rings. The Bertz CT molecular complexity index is 1120. The van der Waals surface area contributed by atoms with Gasteiger partial charge in [-0.05, 0) is 63.1 Å². The lowest BCUT2D eigenvalue weighted by Gasteiger charge is -2.24. The fourth-order valence-electron chi connectivity index (χ4n) is 3.79. The van der Waals surface area contributed by atoms with Gasteiger partial charge in [0.2, 0.25) is 0 Å². The monoisotopic (exact) mass is 480 g/mol. The number of methoxy groups -OCH3 is 2. The first-order valence-electron chi connectivity index (χ1n) is 11.4. The molecule has 2 aromatic carbocycles. The van der Waals surface area contributed by atoms with Crippen LogP contribution in [0.1, 0.15) is 48.7 Å². The number of hydrogen-bond acceptors (Lipinski definition) is 7. The Morgan fingerprint density at radius 2 is 1.86 bits per heavy atom. The van der Waals surface area contributed by atoms with E-state index in [0.29, 0.717) is 47.8 Å². The second kappa shape index (κ2) is 11.0. The van der Waals surface area contributed by atoms with Crippen LogP contribution in [0.5, 0.6) is 11.5 Å². The maximum atomic E-state index is 13.1. The van der Waals surface area contributed by atoms with Gasteiger partial charge in [0, 0.05) is 31.4 Å². The number of benzene rings is 2. The molecule has 1 saturated heterocycles. The van der Waals surface area contributed by atoms with E-state index in [4.69, 9.17) is 14.2 Å². The van der Waals surface area contributed by atoms with Gasteiger partial charge >= 0.3 is 6.09 Å². The quantitative estimate of drug-likeness (QED) is 0.617. The Labute approximate surface area is 206 Å². The normalized spacial score (nSPS) is 15.2. The SMILES string of the molecule is COc1ccc(CNC(=O)c2cc(C#N)ccc2NC2CCN(C(=O)OC(C)(C)C)C2)cc1OC. The highest BCUT2D eigenvalue weighted by molar-refractivity contribution is 6.00. The van der Waals surface area contributed by atoms with Crippen LogP contribution in [0.4, 0.5) is 10.5 Å². The number of hydrogen-bond donors (Lipinski definition) is 2. The number of carbonyl (C=O) groups excluding carboxylic acids is 2. The van der Waals surface area contributed by atoms with E-state index in [1.165, 1.54) is 0 Å². The number of nitrogens with one attached hydrogen (secondary N) is 2. The smallest absolute Gasteiger partial charge is 0.410 e. The molecule has 35 heavy (non-hydrogen) atoms. The predicted octanol–water partition coefficient (Wildman–Crippen LogP) is 3.93. The van der Waals surface area contributed by atoms with Crippen LogP contribution in [0, 0.1) is 11.3 Å². The van der Waals surface area contributed by atoms with Gasteiger partial charge in [-0.15, -0.1) is 0 Å². The van der Waals surface area contributed by atoms with Gasteiger partial charge in [-0.2, -0.15) is 5.26 Å². The Hall–Kier alpha value is -3.93. The van der Waals surface area contributed by atoms with Crippen molar-refractivity contribution < 1.29 is 23.8 Å². The number of likely N-dealkylation sites (tertiary alicyclic amines) is 1. The van der Waals surface area contributed by atoms with Gasteiger partial charge in [-0.25, -0.2) is 4.79 Å². The minimum atomic E-state index is -0.561.